The van der Waals surface area contributed by atoms with Gasteiger partial charge in [0.15, 0.2) is 0 Å². The zero-order valence-electron chi connectivity index (χ0n) is 19.0. The molecule has 0 radical (unpaired) electrons. The second kappa shape index (κ2) is 10.4. The Morgan fingerprint density at radius 3 is 2.49 bits per heavy atom. The molecule has 2 heterocycles. The zero-order chi connectivity index (χ0) is 25.0. The number of likely N-dealkylation sites (N-methyl/N-ethyl adjacent to an activating group) is 1. The molecule has 0 aliphatic carbocycles. The van der Waals surface area contributed by atoms with Gasteiger partial charge < -0.3 is 10.1 Å². The molecule has 2 atom stereocenters. The Morgan fingerprint density at radius 1 is 1.09 bits per heavy atom. The fourth-order valence-electron chi connectivity index (χ4n) is 4.14. The van der Waals surface area contributed by atoms with Crippen molar-refractivity contribution in [1.82, 2.24) is 15.6 Å². The predicted molar refractivity (Wildman–Crippen MR) is 122 cm³/mol. The van der Waals surface area contributed by atoms with E-state index in [2.05, 4.69) is 15.6 Å². The van der Waals surface area contributed by atoms with Gasteiger partial charge in [-0.05, 0) is 59.4 Å². The molecule has 1 aliphatic rings. The largest absolute Gasteiger partial charge is 0.493 e. The number of benzene rings is 2. The first kappa shape index (κ1) is 24.7. The Bertz CT molecular complexity index is 1160. The second-order valence-electron chi connectivity index (χ2n) is 8.37. The van der Waals surface area contributed by atoms with Crippen LogP contribution in [0.2, 0.25) is 0 Å². The number of hydrogen-bond acceptors (Lipinski definition) is 4. The minimum Gasteiger partial charge on any atom is -0.493 e. The summed E-state index contributed by atoms with van der Waals surface area (Å²) in [6.07, 6.45) is -1.57. The number of hydrogen-bond donors (Lipinski definition) is 2. The van der Waals surface area contributed by atoms with Gasteiger partial charge >= 0.3 is 6.18 Å². The minimum atomic E-state index is -4.50. The van der Waals surface area contributed by atoms with Crippen LogP contribution >= 0.6 is 0 Å². The molecule has 1 unspecified atom stereocenters. The highest BCUT2D eigenvalue weighted by molar-refractivity contribution is 5.83. The van der Waals surface area contributed by atoms with E-state index in [1.807, 2.05) is 18.2 Å². The van der Waals surface area contributed by atoms with Gasteiger partial charge in [0.1, 0.15) is 23.3 Å². The second-order valence-corrected chi connectivity index (χ2v) is 8.37. The van der Waals surface area contributed by atoms with Gasteiger partial charge in [-0.1, -0.05) is 30.3 Å². The average molecular weight is 487 g/mol. The average Bonchev–Trinajstić information content (AvgIpc) is 3.32. The van der Waals surface area contributed by atoms with Gasteiger partial charge in [-0.3, -0.25) is 15.1 Å². The van der Waals surface area contributed by atoms with Crippen LogP contribution in [0.15, 0.2) is 60.8 Å². The molecule has 1 amide bonds. The van der Waals surface area contributed by atoms with Gasteiger partial charge in [-0.25, -0.2) is 4.39 Å². The normalized spacial score (nSPS) is 14.7. The molecule has 0 fully saturated rings. The summed E-state index contributed by atoms with van der Waals surface area (Å²) in [5, 5.41) is 6.02. The summed E-state index contributed by atoms with van der Waals surface area (Å²) in [5.74, 6) is 0.123. The number of carbonyl (C=O) groups is 1. The van der Waals surface area contributed by atoms with Gasteiger partial charge in [-0.15, -0.1) is 0 Å². The van der Waals surface area contributed by atoms with E-state index in [1.54, 1.807) is 12.1 Å². The van der Waals surface area contributed by atoms with Crippen LogP contribution in [-0.2, 0) is 23.8 Å². The van der Waals surface area contributed by atoms with Gasteiger partial charge in [0.2, 0.25) is 5.91 Å². The van der Waals surface area contributed by atoms with E-state index in [9.17, 15) is 22.4 Å². The number of halogens is 4. The van der Waals surface area contributed by atoms with E-state index >= 15 is 0 Å². The van der Waals surface area contributed by atoms with Gasteiger partial charge in [0.25, 0.3) is 0 Å². The number of alkyl halides is 3. The lowest BCUT2D eigenvalue weighted by Crippen LogP contribution is -2.38. The van der Waals surface area contributed by atoms with Crippen molar-refractivity contribution in [3.05, 3.63) is 94.6 Å². The number of carbonyl (C=O) groups excluding carboxylic acids is 1. The van der Waals surface area contributed by atoms with E-state index in [0.29, 0.717) is 30.6 Å². The van der Waals surface area contributed by atoms with Crippen LogP contribution in [-0.4, -0.2) is 24.5 Å². The molecule has 0 saturated carbocycles. The third-order valence-corrected chi connectivity index (χ3v) is 6.03. The van der Waals surface area contributed by atoms with Crippen molar-refractivity contribution in [2.75, 3.05) is 13.7 Å². The van der Waals surface area contributed by atoms with E-state index < -0.39 is 23.7 Å². The Hall–Kier alpha value is -3.46. The monoisotopic (exact) mass is 487 g/mol. The molecule has 0 saturated heterocycles. The van der Waals surface area contributed by atoms with Crippen molar-refractivity contribution in [3.63, 3.8) is 0 Å². The molecule has 1 aromatic heterocycles. The third kappa shape index (κ3) is 5.97. The van der Waals surface area contributed by atoms with Crippen LogP contribution in [0.3, 0.4) is 0 Å². The van der Waals surface area contributed by atoms with Crippen LogP contribution in [0.5, 0.6) is 5.75 Å². The Labute approximate surface area is 200 Å². The molecule has 3 aromatic rings. The van der Waals surface area contributed by atoms with Gasteiger partial charge in [-0.2, -0.15) is 13.2 Å². The topological polar surface area (TPSA) is 63.2 Å². The number of rotatable bonds is 8. The molecule has 2 aromatic carbocycles. The summed E-state index contributed by atoms with van der Waals surface area (Å²) in [7, 11) is 1.52. The highest BCUT2D eigenvalue weighted by Gasteiger charge is 2.32. The third-order valence-electron chi connectivity index (χ3n) is 6.03. The number of pyridine rings is 1. The van der Waals surface area contributed by atoms with E-state index in [0.717, 1.165) is 29.4 Å². The minimum absolute atomic E-state index is 0.290. The molecule has 0 bridgehead atoms. The zero-order valence-corrected chi connectivity index (χ0v) is 19.0. The molecule has 2 N–H and O–H groups in total. The van der Waals surface area contributed by atoms with Crippen LogP contribution in [0.25, 0.3) is 0 Å². The number of nitrogens with one attached hydrogen (secondary N) is 2. The quantitative estimate of drug-likeness (QED) is 0.443. The van der Waals surface area contributed by atoms with Gasteiger partial charge in [0, 0.05) is 25.7 Å². The summed E-state index contributed by atoms with van der Waals surface area (Å²) < 4.78 is 57.7. The summed E-state index contributed by atoms with van der Waals surface area (Å²) in [5.41, 5.74) is 2.28. The van der Waals surface area contributed by atoms with Crippen molar-refractivity contribution >= 4 is 5.91 Å². The molecule has 1 aliphatic heterocycles. The molecule has 35 heavy (non-hydrogen) atoms. The van der Waals surface area contributed by atoms with E-state index in [4.69, 9.17) is 4.74 Å². The number of amides is 1. The fraction of sp³-hybridized carbons (Fsp3) is 0.308. The first-order valence-electron chi connectivity index (χ1n) is 11.3. The Morgan fingerprint density at radius 2 is 1.83 bits per heavy atom. The van der Waals surface area contributed by atoms with Crippen LogP contribution < -0.4 is 15.4 Å². The number of fused-ring (bicyclic) bond motifs is 1. The predicted octanol–water partition coefficient (Wildman–Crippen LogP) is 4.93. The molecule has 5 nitrogen and oxygen atoms in total. The summed E-state index contributed by atoms with van der Waals surface area (Å²) in [4.78, 5) is 16.3. The lowest BCUT2D eigenvalue weighted by molar-refractivity contribution is -0.141. The number of ether oxygens (including phenoxy) is 1. The number of aryl methyl sites for hydroxylation is 1. The Kier molecular flexibility index (Phi) is 7.35. The maximum absolute atomic E-state index is 13.5. The number of aromatic nitrogens is 1. The molecule has 9 heteroatoms. The van der Waals surface area contributed by atoms with E-state index in [1.165, 1.54) is 31.4 Å². The van der Waals surface area contributed by atoms with Crippen LogP contribution in [0.4, 0.5) is 17.6 Å². The summed E-state index contributed by atoms with van der Waals surface area (Å²) in [6.45, 7) is 0.602. The molecular formula is C26H25F4N3O2. The van der Waals surface area contributed by atoms with Gasteiger partial charge in [0.05, 0.1) is 6.61 Å². The van der Waals surface area contributed by atoms with Crippen molar-refractivity contribution in [3.8, 4) is 5.75 Å². The van der Waals surface area contributed by atoms with Crippen molar-refractivity contribution in [2.45, 2.75) is 37.5 Å². The Balaban J connectivity index is 1.60. The van der Waals surface area contributed by atoms with Crippen molar-refractivity contribution < 1.29 is 27.1 Å². The smallest absolute Gasteiger partial charge is 0.433 e. The maximum atomic E-state index is 13.5. The summed E-state index contributed by atoms with van der Waals surface area (Å²) in [6, 6.07) is 12.8. The fourth-order valence-corrected chi connectivity index (χ4v) is 4.14. The maximum Gasteiger partial charge on any atom is 0.433 e. The molecule has 4 rings (SSSR count). The number of nitrogens with zero attached hydrogens (tertiary/aromatic N) is 1. The standard InChI is InChI=1S/C26H25F4N3O2/c1-31-25(34)24(17-4-7-20(27)8-5-17)33-21(18-6-10-22-19(14-18)12-13-35-22)9-2-16-3-11-23(32-15-16)26(28,29)30/h3-8,10-11,14-15,21,24,33H,2,9,12-13H2,1H3,(H,31,34)/t21-,24?/m0/s1. The highest BCUT2D eigenvalue weighted by Crippen LogP contribution is 2.32. The SMILES string of the molecule is CNC(=O)C(N[C@@H](CCc1ccc(C(F)(F)F)nc1)c1ccc2c(c1)CCO2)c1ccc(F)cc1. The van der Waals surface area contributed by atoms with Crippen LogP contribution in [0, 0.1) is 5.82 Å². The van der Waals surface area contributed by atoms with Crippen LogP contribution in [0.1, 0.15) is 46.5 Å². The first-order chi connectivity index (χ1) is 16.7. The lowest BCUT2D eigenvalue weighted by atomic mass is 9.95. The first-order valence-corrected chi connectivity index (χ1v) is 11.3. The lowest BCUT2D eigenvalue weighted by Gasteiger charge is -2.26. The van der Waals surface area contributed by atoms with Crippen molar-refractivity contribution in [1.29, 1.82) is 0 Å². The van der Waals surface area contributed by atoms with E-state index in [-0.39, 0.29) is 11.9 Å². The molecule has 184 valence electrons. The molecular weight excluding hydrogens is 462 g/mol. The summed E-state index contributed by atoms with van der Waals surface area (Å²) >= 11 is 0. The van der Waals surface area contributed by atoms with Crippen molar-refractivity contribution in [2.24, 2.45) is 0 Å². The molecule has 0 spiro atoms. The highest BCUT2D eigenvalue weighted by atomic mass is 19.4.